The molecule has 2 fully saturated rings. The van der Waals surface area contributed by atoms with Crippen LogP contribution >= 0.6 is 11.8 Å². The van der Waals surface area contributed by atoms with Crippen molar-refractivity contribution in [1.82, 2.24) is 9.58 Å². The zero-order valence-corrected chi connectivity index (χ0v) is 21.3. The van der Waals surface area contributed by atoms with Crippen LogP contribution in [0.1, 0.15) is 65.3 Å². The van der Waals surface area contributed by atoms with E-state index < -0.39 is 11.2 Å². The Hall–Kier alpha value is -3.23. The lowest BCUT2D eigenvalue weighted by molar-refractivity contribution is -0.0197. The first-order chi connectivity index (χ1) is 18.1. The standard InChI is InChI=1S/C29H29N3O4S/c33-22-12-15-31-26(27(22)34)28(35)30-16-17-36-18-24(30)32(31)25-19-8-2-4-10-21(19)29(13-6-1-7-14-29)37-23-11-5-3-9-20(23)25/h2-5,8-12,15,24-25,34H,1,6-7,13-14,16-18H2/t24-,25?/m1/s1. The predicted octanol–water partition coefficient (Wildman–Crippen LogP) is 4.36. The van der Waals surface area contributed by atoms with Gasteiger partial charge in [-0.15, -0.1) is 11.8 Å². The quantitative estimate of drug-likeness (QED) is 0.519. The number of aromatic hydroxyl groups is 1. The van der Waals surface area contributed by atoms with Crippen LogP contribution in [-0.4, -0.2) is 46.5 Å². The van der Waals surface area contributed by atoms with Gasteiger partial charge in [0.05, 0.1) is 19.3 Å². The van der Waals surface area contributed by atoms with Gasteiger partial charge in [-0.05, 0) is 35.6 Å². The van der Waals surface area contributed by atoms with Crippen LogP contribution in [0.25, 0.3) is 0 Å². The number of thioether (sulfide) groups is 1. The van der Waals surface area contributed by atoms with Gasteiger partial charge in [-0.2, -0.15) is 0 Å². The first-order valence-corrected chi connectivity index (χ1v) is 13.9. The lowest BCUT2D eigenvalue weighted by atomic mass is 9.79. The van der Waals surface area contributed by atoms with Gasteiger partial charge in [0.15, 0.2) is 11.4 Å². The van der Waals surface area contributed by atoms with Gasteiger partial charge in [0.2, 0.25) is 5.43 Å². The first-order valence-electron chi connectivity index (χ1n) is 13.1. The topological polar surface area (TPSA) is 75.0 Å². The highest BCUT2D eigenvalue weighted by atomic mass is 32.2. The maximum atomic E-state index is 13.6. The molecular weight excluding hydrogens is 486 g/mol. The SMILES string of the molecule is O=C1c2c(O)c(=O)ccn2N(C2c3ccccc3SC3(CCCCC3)c3ccccc32)[C@@H]2COCCN12. The number of ether oxygens (including phenoxy) is 1. The van der Waals surface area contributed by atoms with Crippen molar-refractivity contribution in [2.24, 2.45) is 0 Å². The number of benzene rings is 2. The van der Waals surface area contributed by atoms with Crippen LogP contribution in [0.4, 0.5) is 0 Å². The maximum absolute atomic E-state index is 13.6. The van der Waals surface area contributed by atoms with Gasteiger partial charge in [-0.1, -0.05) is 61.7 Å². The minimum atomic E-state index is -0.551. The van der Waals surface area contributed by atoms with Crippen LogP contribution in [0.3, 0.4) is 0 Å². The number of rotatable bonds is 1. The zero-order chi connectivity index (χ0) is 25.1. The number of aromatic nitrogens is 1. The predicted molar refractivity (Wildman–Crippen MR) is 142 cm³/mol. The minimum absolute atomic E-state index is 0.0113. The van der Waals surface area contributed by atoms with Crippen molar-refractivity contribution in [3.05, 3.63) is 93.4 Å². The Balaban J connectivity index is 1.52. The summed E-state index contributed by atoms with van der Waals surface area (Å²) < 4.78 is 7.61. The molecule has 1 saturated carbocycles. The summed E-state index contributed by atoms with van der Waals surface area (Å²) in [6, 6.07) is 18.4. The molecule has 0 bridgehead atoms. The Morgan fingerprint density at radius 3 is 2.54 bits per heavy atom. The van der Waals surface area contributed by atoms with E-state index in [0.29, 0.717) is 19.8 Å². The molecule has 4 aliphatic rings. The highest BCUT2D eigenvalue weighted by Gasteiger charge is 2.48. The van der Waals surface area contributed by atoms with E-state index in [1.807, 2.05) is 11.8 Å². The van der Waals surface area contributed by atoms with Crippen LogP contribution in [0, 0.1) is 0 Å². The Morgan fingerprint density at radius 1 is 0.946 bits per heavy atom. The number of amides is 1. The van der Waals surface area contributed by atoms with Crippen LogP contribution in [0.5, 0.6) is 5.75 Å². The third-order valence-corrected chi connectivity index (χ3v) is 9.98. The molecule has 0 radical (unpaired) electrons. The molecule has 7 nitrogen and oxygen atoms in total. The van der Waals surface area contributed by atoms with E-state index in [1.165, 1.54) is 41.4 Å². The third-order valence-electron chi connectivity index (χ3n) is 8.37. The molecule has 4 heterocycles. The molecule has 1 N–H and O–H groups in total. The molecule has 1 aromatic heterocycles. The summed E-state index contributed by atoms with van der Waals surface area (Å²) in [5.74, 6) is -0.844. The lowest BCUT2D eigenvalue weighted by Gasteiger charge is -2.51. The van der Waals surface area contributed by atoms with Gasteiger partial charge in [0.25, 0.3) is 5.91 Å². The molecule has 1 aliphatic carbocycles. The highest BCUT2D eigenvalue weighted by molar-refractivity contribution is 8.00. The number of carbonyl (C=O) groups is 1. The summed E-state index contributed by atoms with van der Waals surface area (Å²) in [5.41, 5.74) is 3.17. The van der Waals surface area contributed by atoms with Crippen LogP contribution in [0.2, 0.25) is 0 Å². The van der Waals surface area contributed by atoms with Crippen LogP contribution in [-0.2, 0) is 9.48 Å². The average Bonchev–Trinajstić information content (AvgIpc) is 3.04. The number of hydrogen-bond acceptors (Lipinski definition) is 6. The van der Waals surface area contributed by atoms with E-state index in [1.54, 1.807) is 15.8 Å². The van der Waals surface area contributed by atoms with Gasteiger partial charge in [0, 0.05) is 28.5 Å². The summed E-state index contributed by atoms with van der Waals surface area (Å²) >= 11 is 1.98. The van der Waals surface area contributed by atoms with Gasteiger partial charge in [0.1, 0.15) is 6.17 Å². The normalized spacial score (nSPS) is 24.1. The molecule has 3 aromatic rings. The summed E-state index contributed by atoms with van der Waals surface area (Å²) in [4.78, 5) is 29.0. The fourth-order valence-corrected chi connectivity index (χ4v) is 8.35. The fraction of sp³-hybridized carbons (Fsp3) is 0.379. The van der Waals surface area contributed by atoms with Gasteiger partial charge < -0.3 is 14.7 Å². The molecule has 37 heavy (non-hydrogen) atoms. The van der Waals surface area contributed by atoms with Crippen molar-refractivity contribution in [1.29, 1.82) is 0 Å². The van der Waals surface area contributed by atoms with Gasteiger partial charge in [-0.3, -0.25) is 19.3 Å². The Bertz CT molecular complexity index is 1450. The molecule has 1 spiro atoms. The van der Waals surface area contributed by atoms with E-state index in [9.17, 15) is 14.7 Å². The molecule has 8 heteroatoms. The largest absolute Gasteiger partial charge is 0.502 e. The molecule has 1 unspecified atom stereocenters. The fourth-order valence-electron chi connectivity index (χ4n) is 6.69. The number of fused-ring (bicyclic) bond motifs is 5. The van der Waals surface area contributed by atoms with E-state index in [4.69, 9.17) is 4.74 Å². The molecule has 3 aliphatic heterocycles. The number of morpholine rings is 1. The molecule has 1 saturated heterocycles. The Morgan fingerprint density at radius 2 is 1.70 bits per heavy atom. The van der Waals surface area contributed by atoms with E-state index >= 15 is 0 Å². The maximum Gasteiger partial charge on any atom is 0.278 e. The van der Waals surface area contributed by atoms with E-state index in [-0.39, 0.29) is 28.6 Å². The van der Waals surface area contributed by atoms with E-state index in [0.717, 1.165) is 18.4 Å². The molecule has 2 atom stereocenters. The highest BCUT2D eigenvalue weighted by Crippen LogP contribution is 2.57. The Kier molecular flexibility index (Phi) is 5.37. The number of nitrogens with zero attached hydrogens (tertiary/aromatic N) is 3. The van der Waals surface area contributed by atoms with Crippen LogP contribution < -0.4 is 10.4 Å². The second-order valence-electron chi connectivity index (χ2n) is 10.3. The smallest absolute Gasteiger partial charge is 0.278 e. The molecule has 7 rings (SSSR count). The molecule has 2 aromatic carbocycles. The van der Waals surface area contributed by atoms with Crippen molar-refractivity contribution in [2.75, 3.05) is 24.8 Å². The molecular formula is C29H29N3O4S. The number of pyridine rings is 1. The second-order valence-corrected chi connectivity index (χ2v) is 11.8. The third kappa shape index (κ3) is 3.38. The summed E-state index contributed by atoms with van der Waals surface area (Å²) in [7, 11) is 0. The van der Waals surface area contributed by atoms with Gasteiger partial charge >= 0.3 is 0 Å². The lowest BCUT2D eigenvalue weighted by Crippen LogP contribution is -2.66. The summed E-state index contributed by atoms with van der Waals surface area (Å²) in [6.07, 6.45) is 7.16. The molecule has 1 amide bonds. The Labute approximate surface area is 219 Å². The van der Waals surface area contributed by atoms with Crippen molar-refractivity contribution >= 4 is 17.7 Å². The van der Waals surface area contributed by atoms with Crippen molar-refractivity contribution in [3.8, 4) is 5.75 Å². The monoisotopic (exact) mass is 515 g/mol. The first kappa shape index (κ1) is 22.9. The number of carbonyl (C=O) groups excluding carboxylic acids is 1. The van der Waals surface area contributed by atoms with Crippen LogP contribution in [0.15, 0.2) is 70.5 Å². The van der Waals surface area contributed by atoms with Crippen molar-refractivity contribution in [3.63, 3.8) is 0 Å². The molecule has 190 valence electrons. The van der Waals surface area contributed by atoms with Crippen molar-refractivity contribution in [2.45, 2.75) is 54.0 Å². The van der Waals surface area contributed by atoms with Gasteiger partial charge in [-0.25, -0.2) is 0 Å². The average molecular weight is 516 g/mol. The number of hydrogen-bond donors (Lipinski definition) is 1. The van der Waals surface area contributed by atoms with Crippen molar-refractivity contribution < 1.29 is 14.6 Å². The summed E-state index contributed by atoms with van der Waals surface area (Å²) in [5, 5.41) is 13.0. The minimum Gasteiger partial charge on any atom is -0.502 e. The summed E-state index contributed by atoms with van der Waals surface area (Å²) in [6.45, 7) is 1.17. The zero-order valence-electron chi connectivity index (χ0n) is 20.5. The second kappa shape index (κ2) is 8.67. The van der Waals surface area contributed by atoms with E-state index in [2.05, 4.69) is 53.5 Å².